The molecular formula is C16H10FN3O2S. The molecule has 1 aromatic carbocycles. The Balaban J connectivity index is 1.69. The van der Waals surface area contributed by atoms with Crippen molar-refractivity contribution in [2.24, 2.45) is 0 Å². The lowest BCUT2D eigenvalue weighted by Gasteiger charge is -2.04. The fraction of sp³-hybridized carbons (Fsp3) is 0.0625. The van der Waals surface area contributed by atoms with Gasteiger partial charge in [0.25, 0.3) is 5.56 Å². The standard InChI is InChI=1S/C16H10FN3O2S/c17-10-3-4-12-13(6-10)18-9-20(16(12)21)8-11-7-14(22-19-11)15-2-1-5-23-15/h1-7,9H,8H2. The van der Waals surface area contributed by atoms with Gasteiger partial charge in [0, 0.05) is 12.1 Å². The minimum Gasteiger partial charge on any atom is -0.355 e. The zero-order chi connectivity index (χ0) is 15.8. The largest absolute Gasteiger partial charge is 0.355 e. The average Bonchev–Trinajstić information content (AvgIpc) is 3.21. The van der Waals surface area contributed by atoms with E-state index in [0.29, 0.717) is 22.4 Å². The van der Waals surface area contributed by atoms with E-state index < -0.39 is 5.82 Å². The Hall–Kier alpha value is -2.80. The van der Waals surface area contributed by atoms with Crippen LogP contribution in [0.1, 0.15) is 5.69 Å². The third-order valence-corrected chi connectivity index (χ3v) is 4.33. The molecule has 5 nitrogen and oxygen atoms in total. The summed E-state index contributed by atoms with van der Waals surface area (Å²) in [6.07, 6.45) is 1.39. The molecule has 0 saturated heterocycles. The molecule has 0 atom stereocenters. The molecule has 4 rings (SSSR count). The highest BCUT2D eigenvalue weighted by molar-refractivity contribution is 7.13. The first-order chi connectivity index (χ1) is 11.2. The topological polar surface area (TPSA) is 60.9 Å². The van der Waals surface area contributed by atoms with Crippen LogP contribution in [0.4, 0.5) is 4.39 Å². The van der Waals surface area contributed by atoms with Crippen molar-refractivity contribution in [1.29, 1.82) is 0 Å². The number of thiophene rings is 1. The Morgan fingerprint density at radius 1 is 1.26 bits per heavy atom. The molecule has 3 aromatic heterocycles. The van der Waals surface area contributed by atoms with E-state index >= 15 is 0 Å². The average molecular weight is 327 g/mol. The Morgan fingerprint density at radius 3 is 3.00 bits per heavy atom. The summed E-state index contributed by atoms with van der Waals surface area (Å²) in [4.78, 5) is 17.5. The molecule has 0 saturated carbocycles. The number of hydrogen-bond donors (Lipinski definition) is 0. The molecule has 0 aliphatic heterocycles. The first-order valence-electron chi connectivity index (χ1n) is 6.85. The second-order valence-corrected chi connectivity index (χ2v) is 5.95. The van der Waals surface area contributed by atoms with E-state index in [1.807, 2.05) is 17.5 Å². The van der Waals surface area contributed by atoms with Crippen molar-refractivity contribution in [3.63, 3.8) is 0 Å². The minimum atomic E-state index is -0.417. The van der Waals surface area contributed by atoms with Crippen molar-refractivity contribution in [1.82, 2.24) is 14.7 Å². The summed E-state index contributed by atoms with van der Waals surface area (Å²) < 4.78 is 19.9. The van der Waals surface area contributed by atoms with Crippen molar-refractivity contribution >= 4 is 22.2 Å². The summed E-state index contributed by atoms with van der Waals surface area (Å²) in [5.41, 5.74) is 0.722. The van der Waals surface area contributed by atoms with Crippen molar-refractivity contribution in [2.75, 3.05) is 0 Å². The lowest BCUT2D eigenvalue weighted by molar-refractivity contribution is 0.421. The Morgan fingerprint density at radius 2 is 2.17 bits per heavy atom. The molecule has 0 fully saturated rings. The van der Waals surface area contributed by atoms with Crippen molar-refractivity contribution in [3.05, 3.63) is 70.0 Å². The molecule has 7 heteroatoms. The van der Waals surface area contributed by atoms with Gasteiger partial charge in [0.2, 0.25) is 0 Å². The minimum absolute atomic E-state index is 0.240. The van der Waals surface area contributed by atoms with E-state index in [-0.39, 0.29) is 12.1 Å². The number of aromatic nitrogens is 3. The van der Waals surface area contributed by atoms with Gasteiger partial charge in [-0.25, -0.2) is 9.37 Å². The quantitative estimate of drug-likeness (QED) is 0.579. The molecule has 0 aliphatic carbocycles. The Kier molecular flexibility index (Phi) is 3.27. The van der Waals surface area contributed by atoms with Crippen LogP contribution in [-0.2, 0) is 6.54 Å². The van der Waals surface area contributed by atoms with Crippen LogP contribution in [-0.4, -0.2) is 14.7 Å². The van der Waals surface area contributed by atoms with Crippen LogP contribution in [0, 0.1) is 5.82 Å². The molecule has 0 radical (unpaired) electrons. The van der Waals surface area contributed by atoms with Crippen LogP contribution in [0.3, 0.4) is 0 Å². The van der Waals surface area contributed by atoms with E-state index in [1.165, 1.54) is 29.1 Å². The Bertz CT molecular complexity index is 1040. The first-order valence-corrected chi connectivity index (χ1v) is 7.73. The fourth-order valence-corrected chi connectivity index (χ4v) is 3.01. The summed E-state index contributed by atoms with van der Waals surface area (Å²) in [5, 5.41) is 6.31. The van der Waals surface area contributed by atoms with Gasteiger partial charge in [-0.15, -0.1) is 11.3 Å². The maximum atomic E-state index is 13.2. The van der Waals surface area contributed by atoms with Gasteiger partial charge < -0.3 is 4.52 Å². The molecule has 0 bridgehead atoms. The van der Waals surface area contributed by atoms with Crippen LogP contribution in [0.15, 0.2) is 57.4 Å². The van der Waals surface area contributed by atoms with Crippen molar-refractivity contribution < 1.29 is 8.91 Å². The van der Waals surface area contributed by atoms with Gasteiger partial charge in [0.15, 0.2) is 5.76 Å². The summed E-state index contributed by atoms with van der Waals surface area (Å²) in [5.74, 6) is 0.248. The van der Waals surface area contributed by atoms with Gasteiger partial charge in [0.05, 0.1) is 28.7 Å². The molecule has 0 unspecified atom stereocenters. The molecule has 23 heavy (non-hydrogen) atoms. The van der Waals surface area contributed by atoms with E-state index in [1.54, 1.807) is 17.4 Å². The molecule has 4 aromatic rings. The van der Waals surface area contributed by atoms with Crippen LogP contribution in [0.2, 0.25) is 0 Å². The van der Waals surface area contributed by atoms with Gasteiger partial charge in [-0.05, 0) is 23.6 Å². The molecule has 0 N–H and O–H groups in total. The summed E-state index contributed by atoms with van der Waals surface area (Å²) in [6.45, 7) is 0.244. The molecule has 0 spiro atoms. The van der Waals surface area contributed by atoms with Crippen LogP contribution < -0.4 is 5.56 Å². The van der Waals surface area contributed by atoms with Gasteiger partial charge in [-0.1, -0.05) is 11.2 Å². The molecule has 114 valence electrons. The highest BCUT2D eigenvalue weighted by atomic mass is 32.1. The van der Waals surface area contributed by atoms with E-state index in [0.717, 1.165) is 4.88 Å². The van der Waals surface area contributed by atoms with E-state index in [9.17, 15) is 9.18 Å². The number of fused-ring (bicyclic) bond motifs is 1. The first kappa shape index (κ1) is 13.8. The van der Waals surface area contributed by atoms with Gasteiger partial charge >= 0.3 is 0 Å². The number of halogens is 1. The Labute approximate surface area is 133 Å². The van der Waals surface area contributed by atoms with Gasteiger partial charge in [-0.2, -0.15) is 0 Å². The lowest BCUT2D eigenvalue weighted by atomic mass is 10.2. The molecular weight excluding hydrogens is 317 g/mol. The summed E-state index contributed by atoms with van der Waals surface area (Å²) >= 11 is 1.55. The zero-order valence-corrected chi connectivity index (χ0v) is 12.6. The lowest BCUT2D eigenvalue weighted by Crippen LogP contribution is -2.21. The van der Waals surface area contributed by atoms with Crippen molar-refractivity contribution in [2.45, 2.75) is 6.54 Å². The number of nitrogens with zero attached hydrogens (tertiary/aromatic N) is 3. The third-order valence-electron chi connectivity index (χ3n) is 3.44. The van der Waals surface area contributed by atoms with Crippen LogP contribution in [0.25, 0.3) is 21.5 Å². The fourth-order valence-electron chi connectivity index (χ4n) is 2.34. The summed E-state index contributed by atoms with van der Waals surface area (Å²) in [6, 6.07) is 9.60. The SMILES string of the molecule is O=c1c2ccc(F)cc2ncn1Cc1cc(-c2cccs2)on1. The van der Waals surface area contributed by atoms with Gasteiger partial charge in [0.1, 0.15) is 11.5 Å². The number of benzene rings is 1. The van der Waals surface area contributed by atoms with Crippen LogP contribution in [0.5, 0.6) is 0 Å². The molecule has 0 aliphatic rings. The third kappa shape index (κ3) is 2.55. The van der Waals surface area contributed by atoms with Crippen molar-refractivity contribution in [3.8, 4) is 10.6 Å². The highest BCUT2D eigenvalue weighted by Crippen LogP contribution is 2.25. The maximum absolute atomic E-state index is 13.2. The van der Waals surface area contributed by atoms with E-state index in [2.05, 4.69) is 10.1 Å². The highest BCUT2D eigenvalue weighted by Gasteiger charge is 2.10. The zero-order valence-electron chi connectivity index (χ0n) is 11.8. The van der Waals surface area contributed by atoms with Gasteiger partial charge in [-0.3, -0.25) is 9.36 Å². The second-order valence-electron chi connectivity index (χ2n) is 5.00. The number of rotatable bonds is 3. The predicted molar refractivity (Wildman–Crippen MR) is 84.9 cm³/mol. The normalized spacial score (nSPS) is 11.2. The molecule has 0 amide bonds. The monoisotopic (exact) mass is 327 g/mol. The number of hydrogen-bond acceptors (Lipinski definition) is 5. The predicted octanol–water partition coefficient (Wildman–Crippen LogP) is 3.30. The smallest absolute Gasteiger partial charge is 0.261 e. The van der Waals surface area contributed by atoms with E-state index in [4.69, 9.17) is 4.52 Å². The maximum Gasteiger partial charge on any atom is 0.261 e. The second kappa shape index (κ2) is 5.44. The summed E-state index contributed by atoms with van der Waals surface area (Å²) in [7, 11) is 0. The van der Waals surface area contributed by atoms with Crippen LogP contribution >= 0.6 is 11.3 Å². The molecule has 3 heterocycles.